The molecular formula is C31H52O9P2+2. The molecule has 238 valence electrons. The van der Waals surface area contributed by atoms with Gasteiger partial charge in [-0.05, 0) is 89.7 Å². The number of benzene rings is 1. The van der Waals surface area contributed by atoms with E-state index in [9.17, 15) is 13.9 Å². The molecule has 0 bridgehead atoms. The second kappa shape index (κ2) is 18.4. The van der Waals surface area contributed by atoms with Gasteiger partial charge in [0.05, 0.1) is 12.8 Å². The van der Waals surface area contributed by atoms with Crippen LogP contribution in [0, 0.1) is 24.7 Å². The summed E-state index contributed by atoms with van der Waals surface area (Å²) >= 11 is 0. The van der Waals surface area contributed by atoms with E-state index in [0.717, 1.165) is 60.3 Å². The molecule has 1 aromatic rings. The van der Waals surface area contributed by atoms with Crippen LogP contribution in [0.25, 0.3) is 0 Å². The molecule has 5 unspecified atom stereocenters. The van der Waals surface area contributed by atoms with Gasteiger partial charge in [0.25, 0.3) is 0 Å². The summed E-state index contributed by atoms with van der Waals surface area (Å²) in [5.74, 6) is 2.92. The molecule has 0 saturated carbocycles. The summed E-state index contributed by atoms with van der Waals surface area (Å²) in [6.45, 7) is 13.5. The largest absolute Gasteiger partial charge is 0.598 e. The molecule has 9 nitrogen and oxygen atoms in total. The smallest absolute Gasteiger partial charge is 0.487 e. The number of hydrogen-bond acceptors (Lipinski definition) is 9. The van der Waals surface area contributed by atoms with E-state index in [1.54, 1.807) is 12.1 Å². The first kappa shape index (κ1) is 36.7. The van der Waals surface area contributed by atoms with Crippen LogP contribution in [-0.4, -0.2) is 27.5 Å². The van der Waals surface area contributed by atoms with E-state index in [2.05, 4.69) is 44.0 Å². The van der Waals surface area contributed by atoms with Crippen LogP contribution in [0.4, 0.5) is 0 Å². The standard InChI is InChI=1S/C31H50O9P2/c1-22(2)10-7-11-23(3)12-8-13-24(4)14-9-18-31(6)19-17-26-21-27(20-25(5)30(26)38-31)37-28(32)15-16-29(41(35)39-33)42(36)40-34/h20-24,29H,7-19H2,1-6H3/p+2. The van der Waals surface area contributed by atoms with Crippen LogP contribution in [0.15, 0.2) is 12.1 Å². The number of hydrogen-bond donors (Lipinski definition) is 2. The number of rotatable bonds is 20. The maximum atomic E-state index is 12.4. The van der Waals surface area contributed by atoms with Crippen LogP contribution in [-0.2, 0) is 29.7 Å². The van der Waals surface area contributed by atoms with Crippen molar-refractivity contribution >= 4 is 22.0 Å². The van der Waals surface area contributed by atoms with Crippen LogP contribution >= 0.6 is 16.1 Å². The van der Waals surface area contributed by atoms with E-state index < -0.39 is 27.4 Å². The fourth-order valence-electron chi connectivity index (χ4n) is 5.70. The third kappa shape index (κ3) is 12.6. The molecular weight excluding hydrogens is 578 g/mol. The number of ether oxygens (including phenoxy) is 2. The number of fused-ring (bicyclic) bond motifs is 1. The van der Waals surface area contributed by atoms with Gasteiger partial charge in [-0.1, -0.05) is 72.6 Å². The first-order chi connectivity index (χ1) is 19.9. The topological polar surface area (TPSA) is 129 Å². The predicted octanol–water partition coefficient (Wildman–Crippen LogP) is 9.99. The minimum absolute atomic E-state index is 0.230. The minimum Gasteiger partial charge on any atom is -0.487 e. The zero-order valence-corrected chi connectivity index (χ0v) is 28.1. The van der Waals surface area contributed by atoms with Gasteiger partial charge in [-0.3, -0.25) is 4.79 Å². The molecule has 1 aliphatic heterocycles. The lowest BCUT2D eigenvalue weighted by Crippen LogP contribution is -2.36. The fourth-order valence-corrected chi connectivity index (χ4v) is 7.47. The van der Waals surface area contributed by atoms with Crippen molar-refractivity contribution in [1.29, 1.82) is 0 Å². The number of carbonyl (C=O) groups excluding carboxylic acids is 1. The zero-order chi connectivity index (χ0) is 31.3. The maximum Gasteiger partial charge on any atom is 0.598 e. The monoisotopic (exact) mass is 630 g/mol. The average Bonchev–Trinajstić information content (AvgIpc) is 2.93. The predicted molar refractivity (Wildman–Crippen MR) is 165 cm³/mol. The third-order valence-electron chi connectivity index (χ3n) is 8.36. The Morgan fingerprint density at radius 2 is 1.50 bits per heavy atom. The van der Waals surface area contributed by atoms with Crippen molar-refractivity contribution in [3.8, 4) is 11.5 Å². The molecule has 1 aromatic carbocycles. The van der Waals surface area contributed by atoms with E-state index in [0.29, 0.717) is 5.75 Å². The molecule has 1 aliphatic rings. The lowest BCUT2D eigenvalue weighted by Gasteiger charge is -2.37. The second-order valence-corrected chi connectivity index (χ2v) is 16.0. The molecule has 11 heteroatoms. The SMILES string of the molecule is Cc1cc(OC(=O)CCC([P+](=O)OO)[P+](=O)OO)cc2c1OC(C)(CCCC(C)CCCC(C)CCCC(C)C)CC2. The van der Waals surface area contributed by atoms with Crippen LogP contribution in [0.2, 0.25) is 0 Å². The highest BCUT2D eigenvalue weighted by Gasteiger charge is 2.53. The molecule has 0 fully saturated rings. The van der Waals surface area contributed by atoms with Gasteiger partial charge in [0.1, 0.15) is 17.1 Å². The number of carbonyl (C=O) groups is 1. The summed E-state index contributed by atoms with van der Waals surface area (Å²) in [6.07, 6.45) is 12.5. The Hall–Kier alpha value is -1.47. The van der Waals surface area contributed by atoms with E-state index in [4.69, 9.17) is 20.0 Å². The molecule has 1 heterocycles. The maximum absolute atomic E-state index is 12.4. The molecule has 42 heavy (non-hydrogen) atoms. The summed E-state index contributed by atoms with van der Waals surface area (Å²) in [4.78, 5) is 12.4. The average molecular weight is 631 g/mol. The van der Waals surface area contributed by atoms with Crippen molar-refractivity contribution in [3.05, 3.63) is 23.3 Å². The Morgan fingerprint density at radius 3 is 2.07 bits per heavy atom. The Bertz CT molecular complexity index is 1020. The normalized spacial score (nSPS) is 19.5. The highest BCUT2D eigenvalue weighted by Crippen LogP contribution is 2.47. The Morgan fingerprint density at radius 1 is 0.929 bits per heavy atom. The quantitative estimate of drug-likeness (QED) is 0.0475. The van der Waals surface area contributed by atoms with E-state index in [1.807, 2.05) is 6.92 Å². The molecule has 0 spiro atoms. The summed E-state index contributed by atoms with van der Waals surface area (Å²) in [6, 6.07) is 3.55. The fraction of sp³-hybridized carbons (Fsp3) is 0.774. The number of esters is 1. The van der Waals surface area contributed by atoms with Gasteiger partial charge in [0.15, 0.2) is 0 Å². The molecule has 0 aliphatic carbocycles. The molecule has 5 atom stereocenters. The zero-order valence-electron chi connectivity index (χ0n) is 26.3. The van der Waals surface area contributed by atoms with E-state index >= 15 is 0 Å². The van der Waals surface area contributed by atoms with E-state index in [1.165, 1.54) is 44.9 Å². The van der Waals surface area contributed by atoms with Gasteiger partial charge in [0, 0.05) is 9.35 Å². The molecule has 2 N–H and O–H groups in total. The van der Waals surface area contributed by atoms with Crippen molar-refractivity contribution in [2.45, 2.75) is 136 Å². The Kier molecular flexibility index (Phi) is 16.1. The summed E-state index contributed by atoms with van der Waals surface area (Å²) < 4.78 is 42.8. The van der Waals surface area contributed by atoms with Gasteiger partial charge >= 0.3 is 27.4 Å². The molecule has 2 rings (SSSR count). The highest BCUT2D eigenvalue weighted by molar-refractivity contribution is 7.58. The van der Waals surface area contributed by atoms with Crippen molar-refractivity contribution in [3.63, 3.8) is 0 Å². The molecule has 0 aromatic heterocycles. The summed E-state index contributed by atoms with van der Waals surface area (Å²) in [5.41, 5.74) is 1.63. The van der Waals surface area contributed by atoms with Crippen LogP contribution in [0.5, 0.6) is 11.5 Å². The van der Waals surface area contributed by atoms with Crippen LogP contribution in [0.1, 0.15) is 123 Å². The van der Waals surface area contributed by atoms with Gasteiger partial charge in [-0.15, -0.1) is 0 Å². The van der Waals surface area contributed by atoms with Crippen molar-refractivity contribution < 1.29 is 43.3 Å². The van der Waals surface area contributed by atoms with Crippen molar-refractivity contribution in [1.82, 2.24) is 0 Å². The van der Waals surface area contributed by atoms with Gasteiger partial charge < -0.3 is 9.47 Å². The third-order valence-corrected chi connectivity index (χ3v) is 11.3. The summed E-state index contributed by atoms with van der Waals surface area (Å²) in [7, 11) is -5.61. The van der Waals surface area contributed by atoms with Crippen molar-refractivity contribution in [2.75, 3.05) is 0 Å². The molecule has 0 saturated heterocycles. The summed E-state index contributed by atoms with van der Waals surface area (Å²) in [5, 5.41) is 15.9. The van der Waals surface area contributed by atoms with Gasteiger partial charge in [-0.2, -0.15) is 0 Å². The van der Waals surface area contributed by atoms with Crippen LogP contribution < -0.4 is 9.47 Å². The lowest BCUT2D eigenvalue weighted by molar-refractivity contribution is -0.137. The van der Waals surface area contributed by atoms with Gasteiger partial charge in [0.2, 0.25) is 0 Å². The molecule has 0 amide bonds. The lowest BCUT2D eigenvalue weighted by atomic mass is 9.85. The highest BCUT2D eigenvalue weighted by atomic mass is 31.2. The minimum atomic E-state index is -2.80. The molecule has 0 radical (unpaired) electrons. The Balaban J connectivity index is 1.80. The second-order valence-electron chi connectivity index (χ2n) is 12.9. The van der Waals surface area contributed by atoms with Gasteiger partial charge in [-0.25, -0.2) is 10.5 Å². The first-order valence-corrected chi connectivity index (χ1v) is 18.0. The Labute approximate surface area is 253 Å². The van der Waals surface area contributed by atoms with E-state index in [-0.39, 0.29) is 18.4 Å². The van der Waals surface area contributed by atoms with Crippen LogP contribution in [0.3, 0.4) is 0 Å². The first-order valence-electron chi connectivity index (χ1n) is 15.5. The van der Waals surface area contributed by atoms with Crippen molar-refractivity contribution in [2.24, 2.45) is 17.8 Å². The number of aryl methyl sites for hydroxylation is 2.